The number of benzene rings is 1. The molecule has 24 heavy (non-hydrogen) atoms. The molecule has 6 heteroatoms. The number of rotatable bonds is 7. The molecule has 0 unspecified atom stereocenters. The molecule has 0 fully saturated rings. The number of hydrogen-bond donors (Lipinski definition) is 2. The molecule has 2 amide bonds. The number of pyridine rings is 1. The SMILES string of the molecule is CCOc1ccc(CCNC(=O)Nc2ncccc2C)cc1OC. The predicted molar refractivity (Wildman–Crippen MR) is 93.9 cm³/mol. The van der Waals surface area contributed by atoms with Crippen LogP contribution in [0.4, 0.5) is 10.6 Å². The van der Waals surface area contributed by atoms with Crippen LogP contribution in [0.15, 0.2) is 36.5 Å². The third-order valence-electron chi connectivity index (χ3n) is 3.47. The molecule has 0 spiro atoms. The van der Waals surface area contributed by atoms with Crippen molar-refractivity contribution >= 4 is 11.8 Å². The van der Waals surface area contributed by atoms with Gasteiger partial charge in [-0.1, -0.05) is 12.1 Å². The molecule has 1 aromatic heterocycles. The molecular formula is C18H23N3O3. The van der Waals surface area contributed by atoms with E-state index in [4.69, 9.17) is 9.47 Å². The Bertz CT molecular complexity index is 689. The molecule has 128 valence electrons. The average molecular weight is 329 g/mol. The maximum atomic E-state index is 11.9. The number of carbonyl (C=O) groups is 1. The van der Waals surface area contributed by atoms with Gasteiger partial charge in [0, 0.05) is 12.7 Å². The monoisotopic (exact) mass is 329 g/mol. The molecule has 1 aromatic carbocycles. The molecule has 0 aliphatic rings. The number of anilines is 1. The van der Waals surface area contributed by atoms with Gasteiger partial charge in [-0.15, -0.1) is 0 Å². The third kappa shape index (κ3) is 4.87. The van der Waals surface area contributed by atoms with Gasteiger partial charge >= 0.3 is 6.03 Å². The van der Waals surface area contributed by atoms with E-state index in [0.29, 0.717) is 31.1 Å². The zero-order valence-electron chi connectivity index (χ0n) is 14.3. The van der Waals surface area contributed by atoms with Crippen molar-refractivity contribution in [2.75, 3.05) is 25.6 Å². The predicted octanol–water partition coefficient (Wildman–Crippen LogP) is 3.16. The van der Waals surface area contributed by atoms with Crippen LogP contribution in [0, 0.1) is 6.92 Å². The van der Waals surface area contributed by atoms with Crippen LogP contribution in [-0.2, 0) is 6.42 Å². The van der Waals surface area contributed by atoms with E-state index >= 15 is 0 Å². The normalized spacial score (nSPS) is 10.1. The van der Waals surface area contributed by atoms with Gasteiger partial charge in [0.1, 0.15) is 5.82 Å². The van der Waals surface area contributed by atoms with E-state index in [1.165, 1.54) is 0 Å². The lowest BCUT2D eigenvalue weighted by Gasteiger charge is -2.12. The van der Waals surface area contributed by atoms with Crippen molar-refractivity contribution in [1.29, 1.82) is 0 Å². The Hall–Kier alpha value is -2.76. The lowest BCUT2D eigenvalue weighted by atomic mass is 10.1. The van der Waals surface area contributed by atoms with E-state index in [1.54, 1.807) is 13.3 Å². The Morgan fingerprint density at radius 1 is 1.25 bits per heavy atom. The topological polar surface area (TPSA) is 72.5 Å². The lowest BCUT2D eigenvalue weighted by molar-refractivity contribution is 0.252. The number of hydrogen-bond acceptors (Lipinski definition) is 4. The second kappa shape index (κ2) is 8.76. The first kappa shape index (κ1) is 17.6. The van der Waals surface area contributed by atoms with Crippen LogP contribution in [0.2, 0.25) is 0 Å². The molecule has 2 N–H and O–H groups in total. The minimum atomic E-state index is -0.269. The van der Waals surface area contributed by atoms with Gasteiger partial charge in [0.25, 0.3) is 0 Å². The van der Waals surface area contributed by atoms with E-state index in [-0.39, 0.29) is 6.03 Å². The fourth-order valence-corrected chi connectivity index (χ4v) is 2.23. The number of aryl methyl sites for hydroxylation is 1. The Morgan fingerprint density at radius 3 is 2.79 bits per heavy atom. The number of nitrogens with one attached hydrogen (secondary N) is 2. The number of urea groups is 1. The summed E-state index contributed by atoms with van der Waals surface area (Å²) in [5, 5.41) is 5.56. The van der Waals surface area contributed by atoms with Crippen molar-refractivity contribution in [3.63, 3.8) is 0 Å². The van der Waals surface area contributed by atoms with Gasteiger partial charge in [-0.25, -0.2) is 9.78 Å². The fraction of sp³-hybridized carbons (Fsp3) is 0.333. The number of nitrogens with zero attached hydrogens (tertiary/aromatic N) is 1. The molecular weight excluding hydrogens is 306 g/mol. The smallest absolute Gasteiger partial charge is 0.320 e. The van der Waals surface area contributed by atoms with E-state index in [9.17, 15) is 4.79 Å². The third-order valence-corrected chi connectivity index (χ3v) is 3.47. The van der Waals surface area contributed by atoms with Gasteiger partial charge < -0.3 is 14.8 Å². The minimum Gasteiger partial charge on any atom is -0.493 e. The number of methoxy groups -OCH3 is 1. The summed E-state index contributed by atoms with van der Waals surface area (Å²) < 4.78 is 10.8. The summed E-state index contributed by atoms with van der Waals surface area (Å²) in [7, 11) is 1.61. The summed E-state index contributed by atoms with van der Waals surface area (Å²) in [5.41, 5.74) is 1.98. The van der Waals surface area contributed by atoms with Gasteiger partial charge in [0.15, 0.2) is 11.5 Å². The van der Waals surface area contributed by atoms with Crippen molar-refractivity contribution in [2.45, 2.75) is 20.3 Å². The zero-order valence-corrected chi connectivity index (χ0v) is 14.3. The van der Waals surface area contributed by atoms with Crippen molar-refractivity contribution in [2.24, 2.45) is 0 Å². The van der Waals surface area contributed by atoms with E-state index in [0.717, 1.165) is 16.9 Å². The molecule has 0 radical (unpaired) electrons. The molecule has 6 nitrogen and oxygen atoms in total. The van der Waals surface area contributed by atoms with Crippen LogP contribution in [0.1, 0.15) is 18.1 Å². The Morgan fingerprint density at radius 2 is 2.08 bits per heavy atom. The summed E-state index contributed by atoms with van der Waals surface area (Å²) >= 11 is 0. The average Bonchev–Trinajstić information content (AvgIpc) is 2.58. The van der Waals surface area contributed by atoms with Crippen LogP contribution < -0.4 is 20.1 Å². The van der Waals surface area contributed by atoms with Gasteiger partial charge in [-0.3, -0.25) is 5.32 Å². The van der Waals surface area contributed by atoms with Gasteiger partial charge in [-0.05, 0) is 49.6 Å². The van der Waals surface area contributed by atoms with Crippen molar-refractivity contribution in [1.82, 2.24) is 10.3 Å². The van der Waals surface area contributed by atoms with E-state index in [2.05, 4.69) is 15.6 Å². The molecule has 2 rings (SSSR count). The van der Waals surface area contributed by atoms with Gasteiger partial charge in [0.2, 0.25) is 0 Å². The highest BCUT2D eigenvalue weighted by atomic mass is 16.5. The number of amides is 2. The molecule has 0 bridgehead atoms. The molecule has 0 aliphatic heterocycles. The second-order valence-electron chi connectivity index (χ2n) is 5.22. The molecule has 0 saturated carbocycles. The first-order chi connectivity index (χ1) is 11.6. The quantitative estimate of drug-likeness (QED) is 0.818. The highest BCUT2D eigenvalue weighted by molar-refractivity contribution is 5.88. The highest BCUT2D eigenvalue weighted by Crippen LogP contribution is 2.28. The maximum Gasteiger partial charge on any atom is 0.320 e. The second-order valence-corrected chi connectivity index (χ2v) is 5.22. The summed E-state index contributed by atoms with van der Waals surface area (Å²) in [6, 6.07) is 9.24. The maximum absolute atomic E-state index is 11.9. The Balaban J connectivity index is 1.85. The summed E-state index contributed by atoms with van der Waals surface area (Å²) in [5.74, 6) is 1.99. The van der Waals surface area contributed by atoms with Crippen LogP contribution in [0.5, 0.6) is 11.5 Å². The highest BCUT2D eigenvalue weighted by Gasteiger charge is 2.07. The number of carbonyl (C=O) groups excluding carboxylic acids is 1. The van der Waals surface area contributed by atoms with E-state index < -0.39 is 0 Å². The largest absolute Gasteiger partial charge is 0.493 e. The zero-order chi connectivity index (χ0) is 17.4. The summed E-state index contributed by atoms with van der Waals surface area (Å²) in [4.78, 5) is 16.0. The van der Waals surface area contributed by atoms with Crippen molar-refractivity contribution < 1.29 is 14.3 Å². The van der Waals surface area contributed by atoms with E-state index in [1.807, 2.05) is 44.2 Å². The van der Waals surface area contributed by atoms with Crippen LogP contribution >= 0.6 is 0 Å². The Kier molecular flexibility index (Phi) is 6.42. The number of aromatic nitrogens is 1. The molecule has 0 aliphatic carbocycles. The van der Waals surface area contributed by atoms with Crippen LogP contribution in [0.25, 0.3) is 0 Å². The molecule has 2 aromatic rings. The van der Waals surface area contributed by atoms with Crippen molar-refractivity contribution in [3.8, 4) is 11.5 Å². The Labute approximate surface area is 142 Å². The number of ether oxygens (including phenoxy) is 2. The molecule has 0 atom stereocenters. The molecule has 0 saturated heterocycles. The van der Waals surface area contributed by atoms with Gasteiger partial charge in [-0.2, -0.15) is 0 Å². The lowest BCUT2D eigenvalue weighted by Crippen LogP contribution is -2.31. The fourth-order valence-electron chi connectivity index (χ4n) is 2.23. The van der Waals surface area contributed by atoms with Crippen LogP contribution in [0.3, 0.4) is 0 Å². The van der Waals surface area contributed by atoms with Crippen molar-refractivity contribution in [3.05, 3.63) is 47.7 Å². The standard InChI is InChI=1S/C18H23N3O3/c1-4-24-15-8-7-14(12-16(15)23-3)9-11-20-18(22)21-17-13(2)6-5-10-19-17/h5-8,10,12H,4,9,11H2,1-3H3,(H2,19,20,21,22). The first-order valence-electron chi connectivity index (χ1n) is 7.90. The van der Waals surface area contributed by atoms with Crippen LogP contribution in [-0.4, -0.2) is 31.3 Å². The minimum absolute atomic E-state index is 0.269. The summed E-state index contributed by atoms with van der Waals surface area (Å²) in [6.45, 7) is 4.92. The van der Waals surface area contributed by atoms with Gasteiger partial charge in [0.05, 0.1) is 13.7 Å². The first-order valence-corrected chi connectivity index (χ1v) is 7.90. The summed E-state index contributed by atoms with van der Waals surface area (Å²) in [6.07, 6.45) is 2.34. The molecule has 1 heterocycles.